The van der Waals surface area contributed by atoms with Crippen molar-refractivity contribution in [3.8, 4) is 0 Å². The minimum absolute atomic E-state index is 0.133. The summed E-state index contributed by atoms with van der Waals surface area (Å²) < 4.78 is 14.0. The van der Waals surface area contributed by atoms with Crippen molar-refractivity contribution in [3.05, 3.63) is 0 Å². The van der Waals surface area contributed by atoms with Gasteiger partial charge in [0.15, 0.2) is 0 Å². The molecule has 0 aromatic heterocycles. The van der Waals surface area contributed by atoms with Gasteiger partial charge in [0.2, 0.25) is 0 Å². The summed E-state index contributed by atoms with van der Waals surface area (Å²) in [6, 6.07) is 0. The van der Waals surface area contributed by atoms with Crippen molar-refractivity contribution in [2.24, 2.45) is 23.2 Å². The molecule has 2 aliphatic rings. The largest absolute Gasteiger partial charge is 0.393 e. The molecule has 0 radical (unpaired) electrons. The van der Waals surface area contributed by atoms with Gasteiger partial charge < -0.3 is 10.2 Å². The number of alkyl halides is 1. The minimum Gasteiger partial charge on any atom is -0.393 e. The molecule has 2 fully saturated rings. The fraction of sp³-hybridized carbons (Fsp3) is 1.00. The van der Waals surface area contributed by atoms with Crippen LogP contribution >= 0.6 is 0 Å². The van der Waals surface area contributed by atoms with E-state index in [1.165, 1.54) is 12.8 Å². The molecule has 0 spiro atoms. The Kier molecular flexibility index (Phi) is 5.04. The van der Waals surface area contributed by atoms with Crippen molar-refractivity contribution in [3.63, 3.8) is 0 Å². The van der Waals surface area contributed by atoms with Gasteiger partial charge in [-0.3, -0.25) is 0 Å². The number of fused-ring (bicyclic) bond motifs is 1. The normalized spacial score (nSPS) is 39.9. The lowest BCUT2D eigenvalue weighted by Crippen LogP contribution is -2.41. The van der Waals surface area contributed by atoms with Crippen molar-refractivity contribution in [1.82, 2.24) is 0 Å². The molecule has 2 N–H and O–H groups in total. The summed E-state index contributed by atoms with van der Waals surface area (Å²) in [6.07, 6.45) is 5.54. The highest BCUT2D eigenvalue weighted by atomic mass is 19.1. The fourth-order valence-corrected chi connectivity index (χ4v) is 5.09. The summed E-state index contributed by atoms with van der Waals surface area (Å²) in [5.74, 6) is 1.49. The van der Waals surface area contributed by atoms with E-state index in [9.17, 15) is 14.6 Å². The molecule has 21 heavy (non-hydrogen) atoms. The van der Waals surface area contributed by atoms with Gasteiger partial charge in [-0.2, -0.15) is 0 Å². The zero-order chi connectivity index (χ0) is 15.8. The smallest absolute Gasteiger partial charge is 0.128 e. The van der Waals surface area contributed by atoms with Crippen LogP contribution in [0.1, 0.15) is 72.6 Å². The van der Waals surface area contributed by atoms with Crippen LogP contribution in [0.25, 0.3) is 0 Å². The number of hydrogen-bond acceptors (Lipinski definition) is 2. The topological polar surface area (TPSA) is 40.5 Å². The average molecular weight is 300 g/mol. The van der Waals surface area contributed by atoms with E-state index in [1.54, 1.807) is 13.8 Å². The van der Waals surface area contributed by atoms with E-state index in [0.29, 0.717) is 24.2 Å². The number of hydrogen-bond donors (Lipinski definition) is 2. The fourth-order valence-electron chi connectivity index (χ4n) is 5.09. The van der Waals surface area contributed by atoms with Crippen LogP contribution in [0.2, 0.25) is 0 Å². The van der Waals surface area contributed by atoms with Crippen molar-refractivity contribution in [2.75, 3.05) is 0 Å². The molecule has 2 aliphatic carbocycles. The summed E-state index contributed by atoms with van der Waals surface area (Å²) >= 11 is 0. The highest BCUT2D eigenvalue weighted by Crippen LogP contribution is 2.58. The molecule has 124 valence electrons. The first-order valence-electron chi connectivity index (χ1n) is 8.70. The average Bonchev–Trinajstić information content (AvgIpc) is 2.73. The molecule has 0 amide bonds. The molecule has 0 aromatic carbocycles. The van der Waals surface area contributed by atoms with Crippen LogP contribution in [0.5, 0.6) is 0 Å². The van der Waals surface area contributed by atoms with Crippen LogP contribution in [0.3, 0.4) is 0 Å². The zero-order valence-electron chi connectivity index (χ0n) is 14.1. The Balaban J connectivity index is 1.95. The predicted octanol–water partition coefficient (Wildman–Crippen LogP) is 4.09. The van der Waals surface area contributed by atoms with Gasteiger partial charge in [-0.25, -0.2) is 4.39 Å². The Hall–Kier alpha value is -0.150. The molecular weight excluding hydrogens is 267 g/mol. The molecular formula is C18H33FO2. The standard InChI is InChI=1S/C18H33FO2/c1-12(7-10-16(19)17(2,3)21)13-8-9-14-15(20)6-5-11-18(13,14)4/h12-16,20-21H,5-11H2,1-4H3/t12-,13-,14+,15+,16+,18-/m1/s1. The van der Waals surface area contributed by atoms with Crippen LogP contribution in [0.4, 0.5) is 4.39 Å². The lowest BCUT2D eigenvalue weighted by Gasteiger charge is -2.45. The van der Waals surface area contributed by atoms with Crippen LogP contribution < -0.4 is 0 Å². The molecule has 0 aliphatic heterocycles. The monoisotopic (exact) mass is 300 g/mol. The first-order chi connectivity index (χ1) is 9.66. The molecule has 0 unspecified atom stereocenters. The van der Waals surface area contributed by atoms with Crippen LogP contribution in [0, 0.1) is 23.2 Å². The SMILES string of the molecule is C[C@H](CC[C@H](F)C(C)(C)O)[C@H]1CC[C@H]2[C@@H](O)CCC[C@]12C. The van der Waals surface area contributed by atoms with Crippen LogP contribution in [-0.2, 0) is 0 Å². The van der Waals surface area contributed by atoms with Crippen LogP contribution in [-0.4, -0.2) is 28.1 Å². The highest BCUT2D eigenvalue weighted by molar-refractivity contribution is 5.01. The summed E-state index contributed by atoms with van der Waals surface area (Å²) in [6.45, 7) is 7.67. The Morgan fingerprint density at radius 2 is 1.90 bits per heavy atom. The minimum atomic E-state index is -1.23. The molecule has 3 heteroatoms. The lowest BCUT2D eigenvalue weighted by atomic mass is 9.61. The van der Waals surface area contributed by atoms with Gasteiger partial charge in [-0.15, -0.1) is 0 Å². The van der Waals surface area contributed by atoms with Gasteiger partial charge in [0, 0.05) is 0 Å². The Morgan fingerprint density at radius 3 is 2.52 bits per heavy atom. The van der Waals surface area contributed by atoms with Crippen LogP contribution in [0.15, 0.2) is 0 Å². The van der Waals surface area contributed by atoms with E-state index >= 15 is 0 Å². The second kappa shape index (κ2) is 6.16. The molecule has 6 atom stereocenters. The first kappa shape index (κ1) is 17.2. The number of halogens is 1. The van der Waals surface area contributed by atoms with Gasteiger partial charge in [0.25, 0.3) is 0 Å². The molecule has 0 aromatic rings. The van der Waals surface area contributed by atoms with Crippen molar-refractivity contribution < 1.29 is 14.6 Å². The van der Waals surface area contributed by atoms with Gasteiger partial charge in [-0.05, 0) is 75.5 Å². The third-order valence-electron chi connectivity index (χ3n) is 6.49. The van der Waals surface area contributed by atoms with E-state index < -0.39 is 11.8 Å². The molecule has 2 rings (SSSR count). The maximum atomic E-state index is 14.0. The van der Waals surface area contributed by atoms with Crippen molar-refractivity contribution in [1.29, 1.82) is 0 Å². The van der Waals surface area contributed by atoms with E-state index in [-0.39, 0.29) is 11.5 Å². The number of aliphatic hydroxyl groups excluding tert-OH is 1. The van der Waals surface area contributed by atoms with Gasteiger partial charge >= 0.3 is 0 Å². The molecule has 0 bridgehead atoms. The highest BCUT2D eigenvalue weighted by Gasteiger charge is 2.52. The van der Waals surface area contributed by atoms with E-state index in [4.69, 9.17) is 0 Å². The Bertz CT molecular complexity index is 352. The zero-order valence-corrected chi connectivity index (χ0v) is 14.1. The first-order valence-corrected chi connectivity index (χ1v) is 8.70. The van der Waals surface area contributed by atoms with E-state index in [1.807, 2.05) is 0 Å². The van der Waals surface area contributed by atoms with Gasteiger partial charge in [0.05, 0.1) is 11.7 Å². The Labute approximate surface area is 129 Å². The summed E-state index contributed by atoms with van der Waals surface area (Å²) in [4.78, 5) is 0. The molecule has 0 heterocycles. The Morgan fingerprint density at radius 1 is 1.24 bits per heavy atom. The summed E-state index contributed by atoms with van der Waals surface area (Å²) in [7, 11) is 0. The summed E-state index contributed by atoms with van der Waals surface area (Å²) in [5, 5.41) is 20.0. The maximum absolute atomic E-state index is 14.0. The lowest BCUT2D eigenvalue weighted by molar-refractivity contribution is -0.0329. The summed E-state index contributed by atoms with van der Waals surface area (Å²) in [5.41, 5.74) is -1.000. The molecule has 2 saturated carbocycles. The van der Waals surface area contributed by atoms with Gasteiger partial charge in [-0.1, -0.05) is 20.3 Å². The third-order valence-corrected chi connectivity index (χ3v) is 6.49. The number of aliphatic hydroxyl groups is 2. The molecule has 2 nitrogen and oxygen atoms in total. The van der Waals surface area contributed by atoms with Crippen molar-refractivity contribution >= 4 is 0 Å². The van der Waals surface area contributed by atoms with Crippen molar-refractivity contribution in [2.45, 2.75) is 90.5 Å². The van der Waals surface area contributed by atoms with E-state index in [2.05, 4.69) is 13.8 Å². The quantitative estimate of drug-likeness (QED) is 0.803. The second-order valence-electron chi connectivity index (χ2n) is 8.43. The predicted molar refractivity (Wildman–Crippen MR) is 83.8 cm³/mol. The number of rotatable bonds is 5. The maximum Gasteiger partial charge on any atom is 0.128 e. The second-order valence-corrected chi connectivity index (χ2v) is 8.43. The van der Waals surface area contributed by atoms with Gasteiger partial charge in [0.1, 0.15) is 6.17 Å². The van der Waals surface area contributed by atoms with E-state index in [0.717, 1.165) is 25.7 Å². The molecule has 0 saturated heterocycles. The third kappa shape index (κ3) is 3.44.